The van der Waals surface area contributed by atoms with Crippen molar-refractivity contribution < 1.29 is 14.3 Å². The van der Waals surface area contributed by atoms with Crippen molar-refractivity contribution in [3.63, 3.8) is 0 Å². The molecule has 0 spiro atoms. The quantitative estimate of drug-likeness (QED) is 0.581. The van der Waals surface area contributed by atoms with Gasteiger partial charge >= 0.3 is 6.01 Å². The van der Waals surface area contributed by atoms with Gasteiger partial charge in [-0.3, -0.25) is 4.79 Å². The Morgan fingerprint density at radius 2 is 1.97 bits per heavy atom. The van der Waals surface area contributed by atoms with Crippen LogP contribution in [-0.4, -0.2) is 63.7 Å². The van der Waals surface area contributed by atoms with Crippen LogP contribution in [0.2, 0.25) is 0 Å². The van der Waals surface area contributed by atoms with Crippen LogP contribution in [0.3, 0.4) is 0 Å². The van der Waals surface area contributed by atoms with Crippen LogP contribution < -0.4 is 19.7 Å². The monoisotopic (exact) mass is 453 g/mol. The molecule has 176 valence electrons. The van der Waals surface area contributed by atoms with Gasteiger partial charge in [-0.1, -0.05) is 38.1 Å². The number of rotatable bonds is 7. The van der Waals surface area contributed by atoms with Gasteiger partial charge in [0.2, 0.25) is 5.91 Å². The van der Waals surface area contributed by atoms with Crippen LogP contribution in [0.25, 0.3) is 11.2 Å². The summed E-state index contributed by atoms with van der Waals surface area (Å²) >= 11 is 0. The van der Waals surface area contributed by atoms with E-state index < -0.39 is 0 Å². The Bertz CT molecular complexity index is 1120. The summed E-state index contributed by atoms with van der Waals surface area (Å²) in [7, 11) is 1.65. The molecule has 1 aliphatic rings. The Morgan fingerprint density at radius 3 is 2.64 bits per heavy atom. The number of ether oxygens (including phenoxy) is 2. The Morgan fingerprint density at radius 1 is 1.21 bits per heavy atom. The fourth-order valence-electron chi connectivity index (χ4n) is 3.76. The fourth-order valence-corrected chi connectivity index (χ4v) is 3.76. The Labute approximate surface area is 193 Å². The van der Waals surface area contributed by atoms with Crippen molar-refractivity contribution in [2.24, 2.45) is 5.41 Å². The highest BCUT2D eigenvalue weighted by atomic mass is 16.5. The molecule has 3 heterocycles. The van der Waals surface area contributed by atoms with Crippen LogP contribution in [0.5, 0.6) is 11.8 Å². The maximum absolute atomic E-state index is 11.5. The highest BCUT2D eigenvalue weighted by molar-refractivity contribution is 5.83. The summed E-state index contributed by atoms with van der Waals surface area (Å²) in [5.41, 5.74) is 2.24. The number of methoxy groups -OCH3 is 1. The lowest BCUT2D eigenvalue weighted by Crippen LogP contribution is -2.35. The fraction of sp³-hybridized carbons (Fsp3) is 0.522. The molecule has 4 rings (SSSR count). The van der Waals surface area contributed by atoms with Gasteiger partial charge in [-0.25, -0.2) is 4.68 Å². The standard InChI is InChI=1S/C23H31N7O3/c1-15(31)24-17-10-11-29(13-17)20-19-21(26-22(25-20)33-14-23(2,3)4)30(28-27-19)12-16-6-8-18(32-5)9-7-16/h6-9,17H,10-14H2,1-5H3,(H,24,31)/t17-/m0/s1. The maximum Gasteiger partial charge on any atom is 0.320 e. The van der Waals surface area contributed by atoms with E-state index in [0.717, 1.165) is 24.3 Å². The molecule has 1 amide bonds. The molecule has 0 bridgehead atoms. The van der Waals surface area contributed by atoms with Crippen LogP contribution in [-0.2, 0) is 11.3 Å². The van der Waals surface area contributed by atoms with E-state index in [-0.39, 0.29) is 17.4 Å². The van der Waals surface area contributed by atoms with Crippen molar-refractivity contribution in [3.05, 3.63) is 29.8 Å². The predicted molar refractivity (Wildman–Crippen MR) is 125 cm³/mol. The number of carbonyl (C=O) groups excluding carboxylic acids is 1. The van der Waals surface area contributed by atoms with Gasteiger partial charge in [-0.05, 0) is 29.5 Å². The third-order valence-corrected chi connectivity index (χ3v) is 5.34. The Balaban J connectivity index is 1.67. The van der Waals surface area contributed by atoms with Gasteiger partial charge in [0.15, 0.2) is 17.0 Å². The number of fused-ring (bicyclic) bond motifs is 1. The van der Waals surface area contributed by atoms with Gasteiger partial charge in [-0.2, -0.15) is 9.97 Å². The minimum atomic E-state index is -0.0375. The second kappa shape index (κ2) is 9.21. The van der Waals surface area contributed by atoms with Crippen LogP contribution in [0.15, 0.2) is 24.3 Å². The number of hydrogen-bond donors (Lipinski definition) is 1. The first-order chi connectivity index (χ1) is 15.7. The number of anilines is 1. The van der Waals surface area contributed by atoms with Crippen molar-refractivity contribution in [1.82, 2.24) is 30.3 Å². The van der Waals surface area contributed by atoms with Crippen molar-refractivity contribution in [2.75, 3.05) is 31.7 Å². The molecule has 10 nitrogen and oxygen atoms in total. The number of amides is 1. The predicted octanol–water partition coefficient (Wildman–Crippen LogP) is 2.42. The van der Waals surface area contributed by atoms with Crippen LogP contribution in [0.1, 0.15) is 39.7 Å². The molecule has 1 atom stereocenters. The number of nitrogens with one attached hydrogen (secondary N) is 1. The number of carbonyl (C=O) groups is 1. The van der Waals surface area contributed by atoms with E-state index in [0.29, 0.717) is 42.7 Å². The summed E-state index contributed by atoms with van der Waals surface area (Å²) in [6, 6.07) is 8.18. The molecule has 0 aliphatic carbocycles. The summed E-state index contributed by atoms with van der Waals surface area (Å²) in [6.07, 6.45) is 0.837. The lowest BCUT2D eigenvalue weighted by Gasteiger charge is -2.20. The minimum Gasteiger partial charge on any atom is -0.497 e. The van der Waals surface area contributed by atoms with Crippen molar-refractivity contribution in [3.8, 4) is 11.8 Å². The van der Waals surface area contributed by atoms with Gasteiger partial charge in [0, 0.05) is 26.1 Å². The molecule has 0 unspecified atom stereocenters. The van der Waals surface area contributed by atoms with E-state index >= 15 is 0 Å². The third-order valence-electron chi connectivity index (χ3n) is 5.34. The minimum absolute atomic E-state index is 0.0330. The van der Waals surface area contributed by atoms with Crippen molar-refractivity contribution in [1.29, 1.82) is 0 Å². The number of nitrogens with zero attached hydrogens (tertiary/aromatic N) is 6. The number of aromatic nitrogens is 5. The summed E-state index contributed by atoms with van der Waals surface area (Å²) in [5.74, 6) is 1.44. The molecule has 1 aliphatic heterocycles. The smallest absolute Gasteiger partial charge is 0.320 e. The average Bonchev–Trinajstić information content (AvgIpc) is 3.39. The van der Waals surface area contributed by atoms with Gasteiger partial charge < -0.3 is 19.7 Å². The third kappa shape index (κ3) is 5.50. The van der Waals surface area contributed by atoms with E-state index in [1.807, 2.05) is 24.3 Å². The first-order valence-corrected chi connectivity index (χ1v) is 11.1. The van der Waals surface area contributed by atoms with Crippen molar-refractivity contribution in [2.45, 2.75) is 46.7 Å². The first kappa shape index (κ1) is 22.8. The second-order valence-corrected chi connectivity index (χ2v) is 9.58. The highest BCUT2D eigenvalue weighted by Gasteiger charge is 2.28. The van der Waals surface area contributed by atoms with Gasteiger partial charge in [0.05, 0.1) is 20.3 Å². The molecule has 1 saturated heterocycles. The molecular weight excluding hydrogens is 422 g/mol. The number of hydrogen-bond acceptors (Lipinski definition) is 8. The van der Waals surface area contributed by atoms with E-state index in [2.05, 4.69) is 46.3 Å². The average molecular weight is 454 g/mol. The molecule has 0 radical (unpaired) electrons. The van der Waals surface area contributed by atoms with Crippen molar-refractivity contribution >= 4 is 22.9 Å². The van der Waals surface area contributed by atoms with Crippen LogP contribution >= 0.6 is 0 Å². The second-order valence-electron chi connectivity index (χ2n) is 9.58. The van der Waals surface area contributed by atoms with Crippen LogP contribution in [0.4, 0.5) is 5.82 Å². The van der Waals surface area contributed by atoms with E-state index in [1.54, 1.807) is 11.8 Å². The highest BCUT2D eigenvalue weighted by Crippen LogP contribution is 2.28. The zero-order valence-corrected chi connectivity index (χ0v) is 19.8. The first-order valence-electron chi connectivity index (χ1n) is 11.1. The number of benzene rings is 1. The summed E-state index contributed by atoms with van der Waals surface area (Å²) < 4.78 is 13.0. The zero-order chi connectivity index (χ0) is 23.6. The lowest BCUT2D eigenvalue weighted by molar-refractivity contribution is -0.119. The summed E-state index contributed by atoms with van der Waals surface area (Å²) in [6.45, 7) is 10.2. The van der Waals surface area contributed by atoms with Gasteiger partial charge in [-0.15, -0.1) is 5.10 Å². The molecule has 1 N–H and O–H groups in total. The Hall–Kier alpha value is -3.43. The van der Waals surface area contributed by atoms with E-state index in [9.17, 15) is 4.79 Å². The molecule has 0 saturated carbocycles. The molecule has 1 aromatic carbocycles. The molecule has 10 heteroatoms. The molecule has 2 aromatic heterocycles. The molecule has 1 fully saturated rings. The molecule has 3 aromatic rings. The lowest BCUT2D eigenvalue weighted by atomic mass is 9.99. The largest absolute Gasteiger partial charge is 0.497 e. The SMILES string of the molecule is COc1ccc(Cn2nnc3c(N4CC[C@H](NC(C)=O)C4)nc(OCC(C)(C)C)nc32)cc1. The summed E-state index contributed by atoms with van der Waals surface area (Å²) in [4.78, 5) is 23.0. The zero-order valence-electron chi connectivity index (χ0n) is 19.8. The van der Waals surface area contributed by atoms with Gasteiger partial charge in [0.25, 0.3) is 0 Å². The normalized spacial score (nSPS) is 16.3. The topological polar surface area (TPSA) is 107 Å². The molecule has 33 heavy (non-hydrogen) atoms. The van der Waals surface area contributed by atoms with E-state index in [1.165, 1.54) is 6.92 Å². The maximum atomic E-state index is 11.5. The van der Waals surface area contributed by atoms with Crippen LogP contribution in [0, 0.1) is 5.41 Å². The molecular formula is C23H31N7O3. The Kier molecular flexibility index (Phi) is 6.35. The van der Waals surface area contributed by atoms with Gasteiger partial charge in [0.1, 0.15) is 5.75 Å². The van der Waals surface area contributed by atoms with E-state index in [4.69, 9.17) is 14.5 Å². The summed E-state index contributed by atoms with van der Waals surface area (Å²) in [5, 5.41) is 11.8.